The van der Waals surface area contributed by atoms with Gasteiger partial charge in [-0.05, 0) is 88.5 Å². The lowest BCUT2D eigenvalue weighted by Crippen LogP contribution is -2.30. The molecule has 4 heteroatoms. The molecule has 3 atom stereocenters. The number of fused-ring (bicyclic) bond motifs is 1. The molecular formula is C33H44O4. The Hall–Kier alpha value is -2.88. The Morgan fingerprint density at radius 2 is 1.62 bits per heavy atom. The van der Waals surface area contributed by atoms with Gasteiger partial charge in [0.15, 0.2) is 11.6 Å². The summed E-state index contributed by atoms with van der Waals surface area (Å²) in [6.45, 7) is 13.3. The predicted octanol–water partition coefficient (Wildman–Crippen LogP) is 7.63. The van der Waals surface area contributed by atoms with E-state index in [0.29, 0.717) is 12.3 Å². The molecule has 200 valence electrons. The lowest BCUT2D eigenvalue weighted by molar-refractivity contribution is -0.129. The first kappa shape index (κ1) is 30.3. The molecule has 0 bridgehead atoms. The average Bonchev–Trinajstić information content (AvgIpc) is 2.82. The molecule has 0 spiro atoms. The fraction of sp³-hybridized carbons (Fsp3) is 0.515. The van der Waals surface area contributed by atoms with Gasteiger partial charge in [0.2, 0.25) is 0 Å². The zero-order chi connectivity index (χ0) is 27.7. The van der Waals surface area contributed by atoms with Crippen molar-refractivity contribution in [3.05, 3.63) is 69.8 Å². The lowest BCUT2D eigenvalue weighted by Gasteiger charge is -2.32. The van der Waals surface area contributed by atoms with E-state index in [1.54, 1.807) is 6.92 Å². The number of hydrogen-bond donors (Lipinski definition) is 0. The normalized spacial score (nSPS) is 16.2. The maximum atomic E-state index is 12.8. The van der Waals surface area contributed by atoms with E-state index in [9.17, 15) is 19.2 Å². The van der Waals surface area contributed by atoms with E-state index < -0.39 is 0 Å². The van der Waals surface area contributed by atoms with Gasteiger partial charge in [-0.25, -0.2) is 0 Å². The molecule has 4 nitrogen and oxygen atoms in total. The summed E-state index contributed by atoms with van der Waals surface area (Å²) < 4.78 is 0. The van der Waals surface area contributed by atoms with E-state index in [-0.39, 0.29) is 41.4 Å². The molecule has 1 aliphatic rings. The average molecular weight is 505 g/mol. The fourth-order valence-electron chi connectivity index (χ4n) is 5.76. The van der Waals surface area contributed by atoms with Crippen LogP contribution in [0, 0.1) is 38.5 Å². The summed E-state index contributed by atoms with van der Waals surface area (Å²) in [6, 6.07) is 11.7. The Balaban J connectivity index is 0.000000402. The third-order valence-corrected chi connectivity index (χ3v) is 7.57. The zero-order valence-electron chi connectivity index (χ0n) is 23.8. The van der Waals surface area contributed by atoms with Crippen molar-refractivity contribution in [2.24, 2.45) is 17.8 Å². The number of benzene rings is 2. The molecule has 0 heterocycles. The minimum Gasteiger partial charge on any atom is -0.300 e. The van der Waals surface area contributed by atoms with Crippen LogP contribution < -0.4 is 0 Å². The molecule has 0 aliphatic heterocycles. The van der Waals surface area contributed by atoms with Crippen LogP contribution in [0.25, 0.3) is 0 Å². The first-order chi connectivity index (χ1) is 17.5. The predicted molar refractivity (Wildman–Crippen MR) is 150 cm³/mol. The highest BCUT2D eigenvalue weighted by molar-refractivity contribution is 6.00. The number of carbonyl (C=O) groups excluding carboxylic acids is 4. The molecule has 1 aliphatic carbocycles. The van der Waals surface area contributed by atoms with E-state index in [2.05, 4.69) is 19.9 Å². The third-order valence-electron chi connectivity index (χ3n) is 7.57. The zero-order valence-corrected chi connectivity index (χ0v) is 23.8. The fourth-order valence-corrected chi connectivity index (χ4v) is 5.76. The van der Waals surface area contributed by atoms with Crippen molar-refractivity contribution >= 4 is 23.1 Å². The van der Waals surface area contributed by atoms with Crippen LogP contribution in [0.5, 0.6) is 0 Å². The highest BCUT2D eigenvalue weighted by atomic mass is 16.1. The molecule has 2 aromatic carbocycles. The quantitative estimate of drug-likeness (QED) is 0.246. The number of carbonyl (C=O) groups is 4. The van der Waals surface area contributed by atoms with Gasteiger partial charge in [-0.2, -0.15) is 0 Å². The molecule has 3 rings (SSSR count). The summed E-state index contributed by atoms with van der Waals surface area (Å²) >= 11 is 0. The molecule has 0 N–H and O–H groups in total. The number of Topliss-reactive ketones (excluding diaryl/α,β-unsaturated/α-hetero) is 4. The molecule has 0 aromatic heterocycles. The molecule has 0 saturated heterocycles. The minimum atomic E-state index is -0.0658. The lowest BCUT2D eigenvalue weighted by atomic mass is 9.71. The summed E-state index contributed by atoms with van der Waals surface area (Å²) in [4.78, 5) is 47.7. The van der Waals surface area contributed by atoms with Crippen LogP contribution >= 0.6 is 0 Å². The Morgan fingerprint density at radius 1 is 0.946 bits per heavy atom. The maximum absolute atomic E-state index is 12.8. The van der Waals surface area contributed by atoms with Crippen molar-refractivity contribution in [1.29, 1.82) is 0 Å². The van der Waals surface area contributed by atoms with Crippen LogP contribution in [-0.2, 0) is 16.0 Å². The third kappa shape index (κ3) is 8.59. The van der Waals surface area contributed by atoms with E-state index in [4.69, 9.17) is 0 Å². The Labute approximate surface area is 223 Å². The van der Waals surface area contributed by atoms with Gasteiger partial charge in [-0.3, -0.25) is 19.2 Å². The van der Waals surface area contributed by atoms with Gasteiger partial charge in [0.05, 0.1) is 6.42 Å². The number of aryl methyl sites for hydroxylation is 3. The first-order valence-corrected chi connectivity index (χ1v) is 13.7. The standard InChI is InChI=1S/C24H34O3.C9H10O/c1-6-8-19(20(7-2)22(26)11-17(5)25)12-18-13-21-15(3)9-10-16(4)24(21)23(27)14-18;1-7-4-3-5-9(6-7)8(2)10/h9-10,18-20H,6-8,11-14H2,1-5H3;3-6H,1-2H3. The van der Waals surface area contributed by atoms with Crippen molar-refractivity contribution in [2.45, 2.75) is 93.4 Å². The molecule has 0 saturated carbocycles. The van der Waals surface area contributed by atoms with Crippen molar-refractivity contribution in [3.63, 3.8) is 0 Å². The largest absolute Gasteiger partial charge is 0.300 e. The molecular weight excluding hydrogens is 460 g/mol. The molecule has 2 aromatic rings. The van der Waals surface area contributed by atoms with Crippen molar-refractivity contribution in [1.82, 2.24) is 0 Å². The number of rotatable bonds is 10. The molecule has 37 heavy (non-hydrogen) atoms. The van der Waals surface area contributed by atoms with Gasteiger partial charge in [-0.1, -0.05) is 62.6 Å². The van der Waals surface area contributed by atoms with Gasteiger partial charge in [0.25, 0.3) is 0 Å². The smallest absolute Gasteiger partial charge is 0.163 e. The number of ketones is 4. The topological polar surface area (TPSA) is 68.3 Å². The van der Waals surface area contributed by atoms with E-state index in [1.807, 2.05) is 51.1 Å². The van der Waals surface area contributed by atoms with Crippen molar-refractivity contribution in [2.75, 3.05) is 0 Å². The summed E-state index contributed by atoms with van der Waals surface area (Å²) in [6.07, 6.45) is 5.21. The van der Waals surface area contributed by atoms with Crippen LogP contribution in [0.3, 0.4) is 0 Å². The van der Waals surface area contributed by atoms with Crippen LogP contribution in [0.4, 0.5) is 0 Å². The van der Waals surface area contributed by atoms with Gasteiger partial charge >= 0.3 is 0 Å². The van der Waals surface area contributed by atoms with Crippen LogP contribution in [-0.4, -0.2) is 23.1 Å². The second-order valence-electron chi connectivity index (χ2n) is 10.8. The Kier molecular flexibility index (Phi) is 11.6. The minimum absolute atomic E-state index is 0.0451. The van der Waals surface area contributed by atoms with Crippen molar-refractivity contribution < 1.29 is 19.2 Å². The van der Waals surface area contributed by atoms with Gasteiger partial charge in [-0.15, -0.1) is 0 Å². The molecule has 3 unspecified atom stereocenters. The Bertz CT molecular complexity index is 1130. The van der Waals surface area contributed by atoms with Crippen LogP contribution in [0.1, 0.15) is 109 Å². The van der Waals surface area contributed by atoms with E-state index in [1.165, 1.54) is 18.1 Å². The molecule has 0 radical (unpaired) electrons. The summed E-state index contributed by atoms with van der Waals surface area (Å²) in [5.41, 5.74) is 6.33. The van der Waals surface area contributed by atoms with Crippen LogP contribution in [0.15, 0.2) is 36.4 Å². The molecule has 0 amide bonds. The summed E-state index contributed by atoms with van der Waals surface area (Å²) in [7, 11) is 0. The molecule has 0 fully saturated rings. The van der Waals surface area contributed by atoms with E-state index in [0.717, 1.165) is 54.4 Å². The van der Waals surface area contributed by atoms with Crippen molar-refractivity contribution in [3.8, 4) is 0 Å². The van der Waals surface area contributed by atoms with Gasteiger partial charge in [0.1, 0.15) is 11.6 Å². The van der Waals surface area contributed by atoms with Gasteiger partial charge < -0.3 is 0 Å². The summed E-state index contributed by atoms with van der Waals surface area (Å²) in [5, 5.41) is 0. The maximum Gasteiger partial charge on any atom is 0.163 e. The monoisotopic (exact) mass is 504 g/mol. The summed E-state index contributed by atoms with van der Waals surface area (Å²) in [5.74, 6) is 0.894. The second kappa shape index (κ2) is 14.2. The first-order valence-electron chi connectivity index (χ1n) is 13.7. The highest BCUT2D eigenvalue weighted by Gasteiger charge is 2.33. The van der Waals surface area contributed by atoms with Crippen LogP contribution in [0.2, 0.25) is 0 Å². The highest BCUT2D eigenvalue weighted by Crippen LogP contribution is 2.37. The van der Waals surface area contributed by atoms with E-state index >= 15 is 0 Å². The van der Waals surface area contributed by atoms with Gasteiger partial charge in [0, 0.05) is 23.5 Å². The second-order valence-corrected chi connectivity index (χ2v) is 10.8. The number of hydrogen-bond acceptors (Lipinski definition) is 4. The Morgan fingerprint density at radius 3 is 2.16 bits per heavy atom. The SMILES string of the molecule is CC(=O)c1cccc(C)c1.CCCC(CC1CC(=O)c2c(C)ccc(C)c2C1)C(CC)C(=O)CC(C)=O.